The molecule has 3 rings (SSSR count). The van der Waals surface area contributed by atoms with Crippen molar-refractivity contribution in [3.63, 3.8) is 0 Å². The summed E-state index contributed by atoms with van der Waals surface area (Å²) in [4.78, 5) is 23.1. The summed E-state index contributed by atoms with van der Waals surface area (Å²) in [7, 11) is 0. The summed E-state index contributed by atoms with van der Waals surface area (Å²) in [6, 6.07) is 8.71. The molecule has 20 heavy (non-hydrogen) atoms. The Kier molecular flexibility index (Phi) is 4.00. The van der Waals surface area contributed by atoms with Crippen LogP contribution in [0.25, 0.3) is 0 Å². The van der Waals surface area contributed by atoms with E-state index >= 15 is 0 Å². The van der Waals surface area contributed by atoms with Crippen molar-refractivity contribution in [1.29, 1.82) is 0 Å². The van der Waals surface area contributed by atoms with Crippen LogP contribution in [0.5, 0.6) is 0 Å². The zero-order valence-electron chi connectivity index (χ0n) is 11.9. The lowest BCUT2D eigenvalue weighted by molar-refractivity contribution is -0.130. The van der Waals surface area contributed by atoms with Gasteiger partial charge in [-0.1, -0.05) is 43.5 Å². The van der Waals surface area contributed by atoms with Gasteiger partial charge in [-0.2, -0.15) is 0 Å². The normalized spacial score (nSPS) is 22.2. The first kappa shape index (κ1) is 13.5. The highest BCUT2D eigenvalue weighted by molar-refractivity contribution is 6.02. The van der Waals surface area contributed by atoms with Crippen LogP contribution in [-0.4, -0.2) is 11.6 Å². The van der Waals surface area contributed by atoms with E-state index in [0.717, 1.165) is 5.56 Å². The van der Waals surface area contributed by atoms with E-state index in [1.165, 1.54) is 37.7 Å². The molecule has 2 saturated carbocycles. The van der Waals surface area contributed by atoms with E-state index in [2.05, 4.69) is 24.3 Å². The third-order valence-electron chi connectivity index (χ3n) is 4.83. The Morgan fingerprint density at radius 3 is 1.75 bits per heavy atom. The average Bonchev–Trinajstić information content (AvgIpc) is 2.47. The van der Waals surface area contributed by atoms with E-state index in [1.807, 2.05) is 0 Å². The second kappa shape index (κ2) is 5.90. The van der Waals surface area contributed by atoms with Crippen molar-refractivity contribution in [1.82, 2.24) is 0 Å². The highest BCUT2D eigenvalue weighted by Crippen LogP contribution is 2.34. The smallest absolute Gasteiger partial charge is 0.140 e. The van der Waals surface area contributed by atoms with Crippen molar-refractivity contribution >= 4 is 11.6 Å². The van der Waals surface area contributed by atoms with Gasteiger partial charge in [0.1, 0.15) is 11.6 Å². The third-order valence-corrected chi connectivity index (χ3v) is 4.83. The van der Waals surface area contributed by atoms with Crippen molar-refractivity contribution in [2.75, 3.05) is 0 Å². The molecule has 0 amide bonds. The maximum atomic E-state index is 11.6. The van der Waals surface area contributed by atoms with Gasteiger partial charge in [0.2, 0.25) is 0 Å². The van der Waals surface area contributed by atoms with Crippen LogP contribution >= 0.6 is 0 Å². The predicted octanol–water partition coefficient (Wildman–Crippen LogP) is 4.14. The fourth-order valence-corrected chi connectivity index (χ4v) is 3.70. The first-order chi connectivity index (χ1) is 9.72. The minimum atomic E-state index is 0.0996. The second-order valence-corrected chi connectivity index (χ2v) is 6.36. The van der Waals surface area contributed by atoms with Crippen molar-refractivity contribution in [2.24, 2.45) is 0 Å². The second-order valence-electron chi connectivity index (χ2n) is 6.36. The molecular formula is C18H22O2. The number of benzene rings is 1. The van der Waals surface area contributed by atoms with Gasteiger partial charge >= 0.3 is 0 Å². The summed E-state index contributed by atoms with van der Waals surface area (Å²) >= 11 is 0. The highest BCUT2D eigenvalue weighted by atomic mass is 16.1. The standard InChI is InChI=1S/C18H22O2/c19-17-10-16(11-18(20)12-17)15-8-6-14(7-9-15)13-4-2-1-3-5-13/h6-9,13,16H,1-5,10-12H2. The van der Waals surface area contributed by atoms with E-state index in [0.29, 0.717) is 18.8 Å². The quantitative estimate of drug-likeness (QED) is 0.757. The van der Waals surface area contributed by atoms with Crippen LogP contribution in [0, 0.1) is 0 Å². The van der Waals surface area contributed by atoms with E-state index in [-0.39, 0.29) is 23.9 Å². The van der Waals surface area contributed by atoms with Gasteiger partial charge in [0.05, 0.1) is 6.42 Å². The van der Waals surface area contributed by atoms with Gasteiger partial charge in [-0.25, -0.2) is 0 Å². The van der Waals surface area contributed by atoms with Crippen LogP contribution in [0.15, 0.2) is 24.3 Å². The molecule has 0 radical (unpaired) electrons. The molecule has 2 fully saturated rings. The lowest BCUT2D eigenvalue weighted by Gasteiger charge is -2.24. The summed E-state index contributed by atoms with van der Waals surface area (Å²) in [5.41, 5.74) is 2.59. The average molecular weight is 270 g/mol. The minimum absolute atomic E-state index is 0.0996. The zero-order valence-corrected chi connectivity index (χ0v) is 11.9. The summed E-state index contributed by atoms with van der Waals surface area (Å²) in [6.07, 6.45) is 7.90. The van der Waals surface area contributed by atoms with E-state index < -0.39 is 0 Å². The molecule has 0 heterocycles. The fourth-order valence-electron chi connectivity index (χ4n) is 3.70. The van der Waals surface area contributed by atoms with Gasteiger partial charge in [-0.3, -0.25) is 9.59 Å². The first-order valence-electron chi connectivity index (χ1n) is 7.85. The summed E-state index contributed by atoms with van der Waals surface area (Å²) in [5, 5.41) is 0. The Hall–Kier alpha value is -1.44. The lowest BCUT2D eigenvalue weighted by atomic mass is 9.80. The van der Waals surface area contributed by atoms with Crippen LogP contribution in [0.3, 0.4) is 0 Å². The molecule has 1 aromatic carbocycles. The number of Topliss-reactive ketones (excluding diaryl/α,β-unsaturated/α-hetero) is 2. The minimum Gasteiger partial charge on any atom is -0.299 e. The fraction of sp³-hybridized carbons (Fsp3) is 0.556. The molecule has 106 valence electrons. The van der Waals surface area contributed by atoms with Crippen LogP contribution in [-0.2, 0) is 9.59 Å². The Labute approximate surface area is 120 Å². The van der Waals surface area contributed by atoms with Crippen LogP contribution in [0.1, 0.15) is 74.3 Å². The molecule has 0 unspecified atom stereocenters. The molecule has 2 nitrogen and oxygen atoms in total. The highest BCUT2D eigenvalue weighted by Gasteiger charge is 2.26. The van der Waals surface area contributed by atoms with Gasteiger partial charge in [0.25, 0.3) is 0 Å². The predicted molar refractivity (Wildman–Crippen MR) is 78.9 cm³/mol. The van der Waals surface area contributed by atoms with E-state index in [1.54, 1.807) is 0 Å². The first-order valence-corrected chi connectivity index (χ1v) is 7.85. The van der Waals surface area contributed by atoms with Crippen LogP contribution < -0.4 is 0 Å². The summed E-state index contributed by atoms with van der Waals surface area (Å²) in [5.74, 6) is 1.03. The van der Waals surface area contributed by atoms with Crippen LogP contribution in [0.4, 0.5) is 0 Å². The van der Waals surface area contributed by atoms with Crippen molar-refractivity contribution < 1.29 is 9.59 Å². The van der Waals surface area contributed by atoms with E-state index in [4.69, 9.17) is 0 Å². The molecule has 0 spiro atoms. The molecule has 2 aliphatic rings. The van der Waals surface area contributed by atoms with Gasteiger partial charge in [0.15, 0.2) is 0 Å². The number of ketones is 2. The molecule has 0 N–H and O–H groups in total. The Morgan fingerprint density at radius 1 is 0.700 bits per heavy atom. The molecule has 0 bridgehead atoms. The maximum Gasteiger partial charge on any atom is 0.140 e. The molecule has 1 aromatic rings. The number of carbonyl (C=O) groups is 2. The lowest BCUT2D eigenvalue weighted by Crippen LogP contribution is -2.21. The van der Waals surface area contributed by atoms with Crippen LogP contribution in [0.2, 0.25) is 0 Å². The number of carbonyl (C=O) groups excluding carboxylic acids is 2. The largest absolute Gasteiger partial charge is 0.299 e. The molecule has 0 aliphatic heterocycles. The number of hydrogen-bond acceptors (Lipinski definition) is 2. The Bertz CT molecular complexity index is 479. The van der Waals surface area contributed by atoms with Gasteiger partial charge in [-0.05, 0) is 35.8 Å². The SMILES string of the molecule is O=C1CC(=O)CC(c2ccc(C3CCCCC3)cc2)C1. The Morgan fingerprint density at radius 2 is 1.20 bits per heavy atom. The molecule has 2 aliphatic carbocycles. The third kappa shape index (κ3) is 3.00. The van der Waals surface area contributed by atoms with E-state index in [9.17, 15) is 9.59 Å². The molecule has 2 heteroatoms. The summed E-state index contributed by atoms with van der Waals surface area (Å²) < 4.78 is 0. The molecular weight excluding hydrogens is 248 g/mol. The number of rotatable bonds is 2. The molecule has 0 atom stereocenters. The molecule has 0 saturated heterocycles. The topological polar surface area (TPSA) is 34.1 Å². The van der Waals surface area contributed by atoms with Gasteiger partial charge < -0.3 is 0 Å². The van der Waals surface area contributed by atoms with Crippen molar-refractivity contribution in [3.8, 4) is 0 Å². The monoisotopic (exact) mass is 270 g/mol. The van der Waals surface area contributed by atoms with Gasteiger partial charge in [0, 0.05) is 12.8 Å². The zero-order chi connectivity index (χ0) is 13.9. The van der Waals surface area contributed by atoms with Gasteiger partial charge in [-0.15, -0.1) is 0 Å². The Balaban J connectivity index is 1.72. The summed E-state index contributed by atoms with van der Waals surface area (Å²) in [6.45, 7) is 0. The number of hydrogen-bond donors (Lipinski definition) is 0. The van der Waals surface area contributed by atoms with Crippen molar-refractivity contribution in [2.45, 2.75) is 63.2 Å². The molecule has 0 aromatic heterocycles. The van der Waals surface area contributed by atoms with Crippen molar-refractivity contribution in [3.05, 3.63) is 35.4 Å². The maximum absolute atomic E-state index is 11.6.